The molecule has 18 heavy (non-hydrogen) atoms. The van der Waals surface area contributed by atoms with Crippen LogP contribution in [0.3, 0.4) is 0 Å². The second-order valence-electron chi connectivity index (χ2n) is 3.71. The fraction of sp³-hybridized carbons (Fsp3) is 0.800. The molecule has 2 N–H and O–H groups in total. The molecule has 1 amide bonds. The lowest BCUT2D eigenvalue weighted by Gasteiger charge is -2.12. The van der Waals surface area contributed by atoms with E-state index in [0.717, 1.165) is 0 Å². The zero-order chi connectivity index (χ0) is 14.2. The van der Waals surface area contributed by atoms with Crippen LogP contribution in [0.5, 0.6) is 0 Å². The second kappa shape index (κ2) is 8.23. The Morgan fingerprint density at radius 2 is 1.94 bits per heavy atom. The molecule has 1 atom stereocenters. The molecule has 0 radical (unpaired) electrons. The maximum absolute atomic E-state index is 11.8. The molecule has 1 unspecified atom stereocenters. The molecule has 0 saturated carbocycles. The van der Waals surface area contributed by atoms with Gasteiger partial charge in [-0.15, -0.1) is 0 Å². The first-order valence-corrected chi connectivity index (χ1v) is 6.52. The number of amides is 1. The van der Waals surface area contributed by atoms with Crippen LogP contribution in [0.25, 0.3) is 0 Å². The van der Waals surface area contributed by atoms with Gasteiger partial charge in [-0.1, -0.05) is 0 Å². The van der Waals surface area contributed by atoms with Crippen LogP contribution in [0.15, 0.2) is 0 Å². The highest BCUT2D eigenvalue weighted by Crippen LogP contribution is 2.22. The van der Waals surface area contributed by atoms with E-state index in [2.05, 4.69) is 5.32 Å². The molecule has 0 aliphatic rings. The predicted molar refractivity (Wildman–Crippen MR) is 62.5 cm³/mol. The first kappa shape index (κ1) is 17.1. The summed E-state index contributed by atoms with van der Waals surface area (Å²) in [6.07, 6.45) is -4.74. The summed E-state index contributed by atoms with van der Waals surface area (Å²) in [5, 5.41) is 11.0. The molecule has 0 rings (SSSR count). The highest BCUT2D eigenvalue weighted by atomic mass is 32.2. The van der Waals surface area contributed by atoms with Gasteiger partial charge in [0.05, 0.1) is 0 Å². The van der Waals surface area contributed by atoms with Crippen molar-refractivity contribution in [1.82, 2.24) is 5.32 Å². The number of carbonyl (C=O) groups is 2. The lowest BCUT2D eigenvalue weighted by Crippen LogP contribution is -2.39. The molecule has 4 nitrogen and oxygen atoms in total. The standard InChI is InChI=1S/C10H16F3NO3S/c1-7(15)14-8(9(16)17)3-6-18-5-2-4-10(11,12)13/h8H,2-6H2,1H3,(H,14,15)(H,16,17). The molecule has 0 spiro atoms. The third-order valence-electron chi connectivity index (χ3n) is 1.98. The van der Waals surface area contributed by atoms with Crippen molar-refractivity contribution in [3.05, 3.63) is 0 Å². The van der Waals surface area contributed by atoms with E-state index in [9.17, 15) is 22.8 Å². The van der Waals surface area contributed by atoms with Gasteiger partial charge in [0.15, 0.2) is 0 Å². The summed E-state index contributed by atoms with van der Waals surface area (Å²) in [5.74, 6) is -0.855. The molecule has 0 heterocycles. The quantitative estimate of drug-likeness (QED) is 0.670. The zero-order valence-electron chi connectivity index (χ0n) is 9.92. The average molecular weight is 287 g/mol. The van der Waals surface area contributed by atoms with Crippen LogP contribution < -0.4 is 5.32 Å². The van der Waals surface area contributed by atoms with E-state index < -0.39 is 30.5 Å². The van der Waals surface area contributed by atoms with Crippen molar-refractivity contribution < 1.29 is 27.9 Å². The van der Waals surface area contributed by atoms with Crippen LogP contribution >= 0.6 is 11.8 Å². The molecule has 0 aliphatic heterocycles. The Labute approximate surface area is 107 Å². The Balaban J connectivity index is 3.68. The molecule has 8 heteroatoms. The van der Waals surface area contributed by atoms with E-state index >= 15 is 0 Å². The van der Waals surface area contributed by atoms with E-state index in [1.54, 1.807) is 0 Å². The van der Waals surface area contributed by atoms with Crippen molar-refractivity contribution >= 4 is 23.6 Å². The van der Waals surface area contributed by atoms with Crippen LogP contribution in [-0.2, 0) is 9.59 Å². The van der Waals surface area contributed by atoms with Crippen molar-refractivity contribution in [3.8, 4) is 0 Å². The van der Waals surface area contributed by atoms with Crippen LogP contribution in [0.4, 0.5) is 13.2 Å². The topological polar surface area (TPSA) is 66.4 Å². The van der Waals surface area contributed by atoms with E-state index in [-0.39, 0.29) is 12.8 Å². The highest BCUT2D eigenvalue weighted by molar-refractivity contribution is 7.99. The molecular formula is C10H16F3NO3S. The number of carboxylic acid groups (broad SMARTS) is 1. The Bertz CT molecular complexity index is 284. The Morgan fingerprint density at radius 3 is 2.39 bits per heavy atom. The number of aliphatic carboxylic acids is 1. The Morgan fingerprint density at radius 1 is 1.33 bits per heavy atom. The van der Waals surface area contributed by atoms with Gasteiger partial charge in [0.2, 0.25) is 5.91 Å². The first-order valence-electron chi connectivity index (χ1n) is 5.37. The minimum atomic E-state index is -4.14. The molecule has 0 aromatic heterocycles. The van der Waals surface area contributed by atoms with Crippen LogP contribution in [0.2, 0.25) is 0 Å². The van der Waals surface area contributed by atoms with Gasteiger partial charge in [0.1, 0.15) is 6.04 Å². The number of halogens is 3. The number of alkyl halides is 3. The number of hydrogen-bond donors (Lipinski definition) is 2. The maximum Gasteiger partial charge on any atom is 0.389 e. The molecule has 0 saturated heterocycles. The average Bonchev–Trinajstić information content (AvgIpc) is 2.18. The Kier molecular flexibility index (Phi) is 7.81. The minimum absolute atomic E-state index is 0.0199. The van der Waals surface area contributed by atoms with Crippen LogP contribution in [0.1, 0.15) is 26.2 Å². The number of thioether (sulfide) groups is 1. The number of hydrogen-bond acceptors (Lipinski definition) is 3. The van der Waals surface area contributed by atoms with Crippen LogP contribution in [0, 0.1) is 0 Å². The van der Waals surface area contributed by atoms with Gasteiger partial charge >= 0.3 is 12.1 Å². The summed E-state index contributed by atoms with van der Waals surface area (Å²) in [4.78, 5) is 21.4. The molecular weight excluding hydrogens is 271 g/mol. The largest absolute Gasteiger partial charge is 0.480 e. The van der Waals surface area contributed by atoms with Gasteiger partial charge in [0, 0.05) is 13.3 Å². The number of carboxylic acids is 1. The van der Waals surface area contributed by atoms with Crippen molar-refractivity contribution in [1.29, 1.82) is 0 Å². The van der Waals surface area contributed by atoms with Crippen molar-refractivity contribution in [2.75, 3.05) is 11.5 Å². The predicted octanol–water partition coefficient (Wildman–Crippen LogP) is 2.04. The fourth-order valence-corrected chi connectivity index (χ4v) is 2.14. The summed E-state index contributed by atoms with van der Waals surface area (Å²) in [7, 11) is 0. The zero-order valence-corrected chi connectivity index (χ0v) is 10.7. The van der Waals surface area contributed by atoms with Crippen molar-refractivity contribution in [2.24, 2.45) is 0 Å². The van der Waals surface area contributed by atoms with E-state index in [0.29, 0.717) is 11.5 Å². The molecule has 0 bridgehead atoms. The third kappa shape index (κ3) is 10.2. The molecule has 0 aromatic rings. The molecule has 0 aromatic carbocycles. The van der Waals surface area contributed by atoms with Gasteiger partial charge in [-0.05, 0) is 24.3 Å². The van der Waals surface area contributed by atoms with Crippen molar-refractivity contribution in [3.63, 3.8) is 0 Å². The van der Waals surface area contributed by atoms with E-state index in [1.807, 2.05) is 0 Å². The van der Waals surface area contributed by atoms with Gasteiger partial charge in [-0.25, -0.2) is 4.79 Å². The lowest BCUT2D eigenvalue weighted by molar-refractivity contribution is -0.141. The van der Waals surface area contributed by atoms with Crippen LogP contribution in [-0.4, -0.2) is 40.7 Å². The van der Waals surface area contributed by atoms with E-state index in [4.69, 9.17) is 5.11 Å². The fourth-order valence-electron chi connectivity index (χ4n) is 1.18. The Hall–Kier alpha value is -0.920. The number of nitrogens with one attached hydrogen (secondary N) is 1. The number of carbonyl (C=O) groups excluding carboxylic acids is 1. The smallest absolute Gasteiger partial charge is 0.389 e. The normalized spacial score (nSPS) is 13.1. The lowest BCUT2D eigenvalue weighted by atomic mass is 10.2. The maximum atomic E-state index is 11.8. The monoisotopic (exact) mass is 287 g/mol. The molecule has 0 fully saturated rings. The third-order valence-corrected chi connectivity index (χ3v) is 3.08. The van der Waals surface area contributed by atoms with Gasteiger partial charge in [0.25, 0.3) is 0 Å². The highest BCUT2D eigenvalue weighted by Gasteiger charge is 2.25. The van der Waals surface area contributed by atoms with Gasteiger partial charge in [-0.3, -0.25) is 4.79 Å². The summed E-state index contributed by atoms with van der Waals surface area (Å²) in [5.41, 5.74) is 0. The summed E-state index contributed by atoms with van der Waals surface area (Å²) in [6, 6.07) is -0.974. The van der Waals surface area contributed by atoms with Gasteiger partial charge < -0.3 is 10.4 Å². The van der Waals surface area contributed by atoms with Gasteiger partial charge in [-0.2, -0.15) is 24.9 Å². The SMILES string of the molecule is CC(=O)NC(CCSCCCC(F)(F)F)C(=O)O. The molecule has 0 aliphatic carbocycles. The first-order chi connectivity index (χ1) is 8.22. The van der Waals surface area contributed by atoms with E-state index in [1.165, 1.54) is 18.7 Å². The second-order valence-corrected chi connectivity index (χ2v) is 4.94. The minimum Gasteiger partial charge on any atom is -0.480 e. The summed E-state index contributed by atoms with van der Waals surface area (Å²) >= 11 is 1.25. The molecule has 106 valence electrons. The number of rotatable bonds is 8. The summed E-state index contributed by atoms with van der Waals surface area (Å²) < 4.78 is 35.4. The van der Waals surface area contributed by atoms with Crippen molar-refractivity contribution in [2.45, 2.75) is 38.4 Å². The summed E-state index contributed by atoms with van der Waals surface area (Å²) in [6.45, 7) is 1.21.